The van der Waals surface area contributed by atoms with Gasteiger partial charge < -0.3 is 9.26 Å². The Labute approximate surface area is 114 Å². The van der Waals surface area contributed by atoms with Crippen molar-refractivity contribution in [2.45, 2.75) is 38.6 Å². The minimum Gasteiger partial charge on any atom is -0.384 e. The number of hydrogen-bond donors (Lipinski definition) is 0. The van der Waals surface area contributed by atoms with Crippen molar-refractivity contribution in [2.75, 3.05) is 27.3 Å². The van der Waals surface area contributed by atoms with Crippen molar-refractivity contribution in [2.24, 2.45) is 0 Å². The molecule has 0 aliphatic heterocycles. The first kappa shape index (κ1) is 14.2. The Morgan fingerprint density at radius 1 is 1.37 bits per heavy atom. The Morgan fingerprint density at radius 2 is 2.26 bits per heavy atom. The molecule has 1 aliphatic carbocycles. The zero-order valence-electron chi connectivity index (χ0n) is 11.9. The van der Waals surface area contributed by atoms with E-state index in [0.717, 1.165) is 12.4 Å². The van der Waals surface area contributed by atoms with Crippen LogP contribution in [0.4, 0.5) is 0 Å². The predicted octanol–water partition coefficient (Wildman–Crippen LogP) is 2.19. The fraction of sp³-hybridized carbons (Fsp3) is 0.714. The van der Waals surface area contributed by atoms with E-state index < -0.39 is 0 Å². The zero-order valence-corrected chi connectivity index (χ0v) is 11.9. The van der Waals surface area contributed by atoms with Crippen molar-refractivity contribution in [3.8, 4) is 0 Å². The molecule has 0 saturated heterocycles. The van der Waals surface area contributed by atoms with E-state index in [1.165, 1.54) is 31.3 Å². The van der Waals surface area contributed by atoms with Gasteiger partial charge in [-0.25, -0.2) is 0 Å². The number of allylic oxidation sites excluding steroid dienone is 1. The Hall–Kier alpha value is -1.20. The minimum atomic E-state index is 0.627. The number of ether oxygens (including phenoxy) is 1. The molecule has 19 heavy (non-hydrogen) atoms. The van der Waals surface area contributed by atoms with Crippen molar-refractivity contribution < 1.29 is 9.26 Å². The largest absolute Gasteiger partial charge is 0.384 e. The highest BCUT2D eigenvalue weighted by Gasteiger charge is 2.11. The van der Waals surface area contributed by atoms with E-state index in [1.807, 2.05) is 0 Å². The number of likely N-dealkylation sites (N-methyl/N-ethyl adjacent to an activating group) is 1. The molecule has 1 aliphatic rings. The van der Waals surface area contributed by atoms with Crippen molar-refractivity contribution in [3.05, 3.63) is 23.4 Å². The van der Waals surface area contributed by atoms with Gasteiger partial charge in [0, 0.05) is 20.1 Å². The molecule has 0 spiro atoms. The number of hydrogen-bond acceptors (Lipinski definition) is 5. The first-order chi connectivity index (χ1) is 9.28. The number of aromatic nitrogens is 2. The topological polar surface area (TPSA) is 51.4 Å². The van der Waals surface area contributed by atoms with E-state index in [0.29, 0.717) is 25.5 Å². The van der Waals surface area contributed by atoms with E-state index in [1.54, 1.807) is 7.11 Å². The van der Waals surface area contributed by atoms with Crippen LogP contribution < -0.4 is 0 Å². The van der Waals surface area contributed by atoms with Gasteiger partial charge in [-0.2, -0.15) is 4.98 Å². The molecular weight excluding hydrogens is 242 g/mol. The lowest BCUT2D eigenvalue weighted by atomic mass is 9.99. The van der Waals surface area contributed by atoms with E-state index in [4.69, 9.17) is 9.26 Å². The van der Waals surface area contributed by atoms with Gasteiger partial charge in [-0.3, -0.25) is 4.90 Å². The molecule has 1 heterocycles. The highest BCUT2D eigenvalue weighted by molar-refractivity contribution is 5.07. The lowest BCUT2D eigenvalue weighted by molar-refractivity contribution is 0.199. The monoisotopic (exact) mass is 265 g/mol. The summed E-state index contributed by atoms with van der Waals surface area (Å²) in [5, 5.41) is 3.95. The van der Waals surface area contributed by atoms with Gasteiger partial charge >= 0.3 is 0 Å². The number of nitrogens with zero attached hydrogens (tertiary/aromatic N) is 3. The molecule has 0 aromatic carbocycles. The number of rotatable bonds is 7. The van der Waals surface area contributed by atoms with Crippen molar-refractivity contribution >= 4 is 0 Å². The van der Waals surface area contributed by atoms with Gasteiger partial charge in [0.25, 0.3) is 0 Å². The Morgan fingerprint density at radius 3 is 3.00 bits per heavy atom. The van der Waals surface area contributed by atoms with Crippen molar-refractivity contribution in [1.82, 2.24) is 15.0 Å². The van der Waals surface area contributed by atoms with Crippen LogP contribution in [0.1, 0.15) is 37.4 Å². The lowest BCUT2D eigenvalue weighted by Crippen LogP contribution is -2.21. The van der Waals surface area contributed by atoms with Crippen LogP contribution in [0.5, 0.6) is 0 Å². The summed E-state index contributed by atoms with van der Waals surface area (Å²) in [5.41, 5.74) is 1.54. The fourth-order valence-electron chi connectivity index (χ4n) is 2.33. The summed E-state index contributed by atoms with van der Waals surface area (Å²) in [4.78, 5) is 6.59. The lowest BCUT2D eigenvalue weighted by Gasteiger charge is -2.19. The van der Waals surface area contributed by atoms with Crippen LogP contribution >= 0.6 is 0 Å². The molecule has 0 bridgehead atoms. The Balaban J connectivity index is 1.79. The van der Waals surface area contributed by atoms with Crippen LogP contribution in [-0.4, -0.2) is 42.3 Å². The normalized spacial score (nSPS) is 15.8. The molecule has 1 aromatic heterocycles. The molecule has 5 nitrogen and oxygen atoms in total. The van der Waals surface area contributed by atoms with Gasteiger partial charge in [-0.15, -0.1) is 0 Å². The molecule has 0 amide bonds. The molecule has 1 aromatic rings. The van der Waals surface area contributed by atoms with E-state index >= 15 is 0 Å². The molecule has 0 atom stereocenters. The maximum Gasteiger partial charge on any atom is 0.240 e. The van der Waals surface area contributed by atoms with E-state index in [-0.39, 0.29) is 0 Å². The predicted molar refractivity (Wildman–Crippen MR) is 72.8 cm³/mol. The summed E-state index contributed by atoms with van der Waals surface area (Å²) in [6, 6.07) is 0. The third kappa shape index (κ3) is 4.76. The molecule has 0 unspecified atom stereocenters. The van der Waals surface area contributed by atoms with Gasteiger partial charge in [0.15, 0.2) is 5.82 Å². The SMILES string of the molecule is COCCc1noc(CN(C)CC2=CCCCC2)n1. The maximum absolute atomic E-state index is 5.24. The molecule has 0 radical (unpaired) electrons. The molecular formula is C14H23N3O2. The van der Waals surface area contributed by atoms with Gasteiger partial charge in [0.2, 0.25) is 5.89 Å². The average Bonchev–Trinajstić information content (AvgIpc) is 2.85. The van der Waals surface area contributed by atoms with Gasteiger partial charge in [-0.1, -0.05) is 16.8 Å². The summed E-state index contributed by atoms with van der Waals surface area (Å²) in [7, 11) is 3.77. The second-order valence-corrected chi connectivity index (χ2v) is 5.13. The summed E-state index contributed by atoms with van der Waals surface area (Å²) in [6.07, 6.45) is 8.19. The first-order valence-electron chi connectivity index (χ1n) is 6.95. The van der Waals surface area contributed by atoms with Crippen LogP contribution in [0.25, 0.3) is 0 Å². The van der Waals surface area contributed by atoms with Crippen LogP contribution in [0.15, 0.2) is 16.2 Å². The van der Waals surface area contributed by atoms with Crippen LogP contribution in [0.2, 0.25) is 0 Å². The van der Waals surface area contributed by atoms with E-state index in [9.17, 15) is 0 Å². The average molecular weight is 265 g/mol. The molecule has 106 valence electrons. The number of methoxy groups -OCH3 is 1. The van der Waals surface area contributed by atoms with Crippen molar-refractivity contribution in [3.63, 3.8) is 0 Å². The Kier molecular flexibility index (Phi) is 5.54. The van der Waals surface area contributed by atoms with E-state index in [2.05, 4.69) is 28.2 Å². The summed E-state index contributed by atoms with van der Waals surface area (Å²) in [5.74, 6) is 1.41. The molecule has 2 rings (SSSR count). The third-order valence-corrected chi connectivity index (χ3v) is 3.30. The second kappa shape index (κ2) is 7.40. The summed E-state index contributed by atoms with van der Waals surface area (Å²) < 4.78 is 10.2. The summed E-state index contributed by atoms with van der Waals surface area (Å²) >= 11 is 0. The van der Waals surface area contributed by atoms with Gasteiger partial charge in [-0.05, 0) is 32.7 Å². The minimum absolute atomic E-state index is 0.627. The van der Waals surface area contributed by atoms with Gasteiger partial charge in [0.1, 0.15) is 0 Å². The molecule has 5 heteroatoms. The quantitative estimate of drug-likeness (QED) is 0.707. The standard InChI is InChI=1S/C14H23N3O2/c1-17(10-12-6-4-3-5-7-12)11-14-15-13(16-19-14)8-9-18-2/h6H,3-5,7-11H2,1-2H3. The second-order valence-electron chi connectivity index (χ2n) is 5.13. The van der Waals surface area contributed by atoms with Crippen LogP contribution in [0.3, 0.4) is 0 Å². The highest BCUT2D eigenvalue weighted by atomic mass is 16.5. The molecule has 0 N–H and O–H groups in total. The van der Waals surface area contributed by atoms with Crippen LogP contribution in [-0.2, 0) is 17.7 Å². The molecule has 0 saturated carbocycles. The Bertz CT molecular complexity index is 415. The smallest absolute Gasteiger partial charge is 0.240 e. The maximum atomic E-state index is 5.24. The third-order valence-electron chi connectivity index (χ3n) is 3.30. The van der Waals surface area contributed by atoms with Gasteiger partial charge in [0.05, 0.1) is 13.2 Å². The van der Waals surface area contributed by atoms with Crippen molar-refractivity contribution in [1.29, 1.82) is 0 Å². The fourth-order valence-corrected chi connectivity index (χ4v) is 2.33. The van der Waals surface area contributed by atoms with Crippen LogP contribution in [0, 0.1) is 0 Å². The first-order valence-corrected chi connectivity index (χ1v) is 6.95. The summed E-state index contributed by atoms with van der Waals surface area (Å²) in [6.45, 7) is 2.33. The molecule has 0 fully saturated rings. The zero-order chi connectivity index (χ0) is 13.5. The highest BCUT2D eigenvalue weighted by Crippen LogP contribution is 2.18.